The Balaban J connectivity index is 2.32. The Morgan fingerprint density at radius 2 is 1.62 bits per heavy atom. The Morgan fingerprint density at radius 3 is 2.29 bits per heavy atom. The fraction of sp³-hybridized carbons (Fsp3) is 0.600. The number of benzene rings is 1. The monoisotopic (exact) mass is 317 g/mol. The molecule has 0 spiro atoms. The molecular weight excluding hydrogens is 294 g/mol. The SMILES string of the molecule is COCCNCCOCCc1cc(OC)c(OC)cc1Cl. The van der Waals surface area contributed by atoms with E-state index in [4.69, 9.17) is 30.5 Å². The maximum absolute atomic E-state index is 6.22. The van der Waals surface area contributed by atoms with Crippen LogP contribution >= 0.6 is 11.6 Å². The lowest BCUT2D eigenvalue weighted by Gasteiger charge is -2.12. The summed E-state index contributed by atoms with van der Waals surface area (Å²) in [6, 6.07) is 3.66. The van der Waals surface area contributed by atoms with Crippen molar-refractivity contribution in [2.24, 2.45) is 0 Å². The molecule has 120 valence electrons. The summed E-state index contributed by atoms with van der Waals surface area (Å²) < 4.78 is 21.0. The Kier molecular flexibility index (Phi) is 9.17. The van der Waals surface area contributed by atoms with Gasteiger partial charge in [0.15, 0.2) is 11.5 Å². The lowest BCUT2D eigenvalue weighted by molar-refractivity contribution is 0.135. The molecule has 5 nitrogen and oxygen atoms in total. The van der Waals surface area contributed by atoms with Crippen molar-refractivity contribution >= 4 is 11.6 Å². The van der Waals surface area contributed by atoms with Gasteiger partial charge in [0.2, 0.25) is 0 Å². The van der Waals surface area contributed by atoms with Crippen molar-refractivity contribution in [3.05, 3.63) is 22.7 Å². The molecule has 0 heterocycles. The zero-order valence-corrected chi connectivity index (χ0v) is 13.7. The van der Waals surface area contributed by atoms with Crippen LogP contribution in [0.4, 0.5) is 0 Å². The van der Waals surface area contributed by atoms with Crippen LogP contribution in [-0.2, 0) is 15.9 Å². The Labute approximate surface area is 131 Å². The Bertz CT molecular complexity index is 415. The molecule has 1 N–H and O–H groups in total. The van der Waals surface area contributed by atoms with Crippen LogP contribution in [0.2, 0.25) is 5.02 Å². The van der Waals surface area contributed by atoms with Gasteiger partial charge in [-0.2, -0.15) is 0 Å². The summed E-state index contributed by atoms with van der Waals surface area (Å²) in [5, 5.41) is 3.88. The predicted octanol–water partition coefficient (Wildman–Crippen LogP) is 2.15. The molecular formula is C15H24ClNO4. The molecule has 0 atom stereocenters. The van der Waals surface area contributed by atoms with E-state index in [1.54, 1.807) is 27.4 Å². The van der Waals surface area contributed by atoms with Gasteiger partial charge in [-0.1, -0.05) is 11.6 Å². The molecule has 21 heavy (non-hydrogen) atoms. The first-order valence-corrected chi connectivity index (χ1v) is 7.28. The lowest BCUT2D eigenvalue weighted by atomic mass is 10.1. The highest BCUT2D eigenvalue weighted by Crippen LogP contribution is 2.33. The molecule has 0 amide bonds. The molecule has 0 saturated carbocycles. The highest BCUT2D eigenvalue weighted by molar-refractivity contribution is 6.31. The molecule has 1 aromatic rings. The molecule has 0 unspecified atom stereocenters. The topological polar surface area (TPSA) is 49.0 Å². The summed E-state index contributed by atoms with van der Waals surface area (Å²) in [7, 11) is 4.89. The van der Waals surface area contributed by atoms with Gasteiger partial charge >= 0.3 is 0 Å². The fourth-order valence-electron chi connectivity index (χ4n) is 1.82. The molecule has 6 heteroatoms. The van der Waals surface area contributed by atoms with E-state index in [9.17, 15) is 0 Å². The van der Waals surface area contributed by atoms with Gasteiger partial charge in [0, 0.05) is 31.3 Å². The zero-order chi connectivity index (χ0) is 15.5. The van der Waals surface area contributed by atoms with E-state index in [-0.39, 0.29) is 0 Å². The maximum atomic E-state index is 6.22. The van der Waals surface area contributed by atoms with Gasteiger partial charge in [-0.05, 0) is 18.1 Å². The quantitative estimate of drug-likeness (QED) is 0.634. The third kappa shape index (κ3) is 6.52. The average Bonchev–Trinajstić information content (AvgIpc) is 2.50. The molecule has 0 aliphatic heterocycles. The number of halogens is 1. The number of hydrogen-bond acceptors (Lipinski definition) is 5. The van der Waals surface area contributed by atoms with Crippen LogP contribution < -0.4 is 14.8 Å². The van der Waals surface area contributed by atoms with Crippen molar-refractivity contribution < 1.29 is 18.9 Å². The molecule has 0 bridgehead atoms. The average molecular weight is 318 g/mol. The van der Waals surface area contributed by atoms with Crippen LogP contribution in [0.15, 0.2) is 12.1 Å². The third-order valence-corrected chi connectivity index (χ3v) is 3.33. The van der Waals surface area contributed by atoms with Crippen molar-refractivity contribution in [3.8, 4) is 11.5 Å². The molecule has 0 aliphatic rings. The fourth-order valence-corrected chi connectivity index (χ4v) is 2.06. The van der Waals surface area contributed by atoms with Gasteiger partial charge < -0.3 is 24.3 Å². The highest BCUT2D eigenvalue weighted by atomic mass is 35.5. The normalized spacial score (nSPS) is 10.7. The number of rotatable bonds is 11. The van der Waals surface area contributed by atoms with Gasteiger partial charge in [0.05, 0.1) is 34.0 Å². The summed E-state index contributed by atoms with van der Waals surface area (Å²) in [6.45, 7) is 3.63. The largest absolute Gasteiger partial charge is 0.493 e. The summed E-state index contributed by atoms with van der Waals surface area (Å²) in [5.41, 5.74) is 0.988. The van der Waals surface area contributed by atoms with Crippen molar-refractivity contribution in [2.45, 2.75) is 6.42 Å². The number of ether oxygens (including phenoxy) is 4. The van der Waals surface area contributed by atoms with Crippen molar-refractivity contribution in [1.82, 2.24) is 5.32 Å². The summed E-state index contributed by atoms with van der Waals surface area (Å²) in [5.74, 6) is 1.31. The van der Waals surface area contributed by atoms with Crippen LogP contribution in [0.25, 0.3) is 0 Å². The second-order valence-corrected chi connectivity index (χ2v) is 4.81. The van der Waals surface area contributed by atoms with E-state index in [0.717, 1.165) is 25.1 Å². The van der Waals surface area contributed by atoms with Crippen LogP contribution in [-0.4, -0.2) is 54.2 Å². The number of hydrogen-bond donors (Lipinski definition) is 1. The number of nitrogens with one attached hydrogen (secondary N) is 1. The van der Waals surface area contributed by atoms with Crippen LogP contribution in [0, 0.1) is 0 Å². The number of methoxy groups -OCH3 is 3. The minimum absolute atomic E-state index is 0.612. The molecule has 0 aromatic heterocycles. The van der Waals surface area contributed by atoms with Gasteiger partial charge in [0.25, 0.3) is 0 Å². The molecule has 1 aromatic carbocycles. The molecule has 0 fully saturated rings. The van der Waals surface area contributed by atoms with Crippen molar-refractivity contribution in [3.63, 3.8) is 0 Å². The highest BCUT2D eigenvalue weighted by Gasteiger charge is 2.09. The van der Waals surface area contributed by atoms with Crippen LogP contribution in [0.5, 0.6) is 11.5 Å². The summed E-state index contributed by atoms with van der Waals surface area (Å²) in [4.78, 5) is 0. The van der Waals surface area contributed by atoms with Crippen LogP contribution in [0.1, 0.15) is 5.56 Å². The lowest BCUT2D eigenvalue weighted by Crippen LogP contribution is -2.23. The minimum Gasteiger partial charge on any atom is -0.493 e. The van der Waals surface area contributed by atoms with Gasteiger partial charge in [-0.25, -0.2) is 0 Å². The second kappa shape index (κ2) is 10.7. The summed E-state index contributed by atoms with van der Waals surface area (Å²) in [6.07, 6.45) is 0.733. The maximum Gasteiger partial charge on any atom is 0.162 e. The first kappa shape index (κ1) is 18.0. The van der Waals surface area contributed by atoms with Crippen molar-refractivity contribution in [2.75, 3.05) is 54.2 Å². The predicted molar refractivity (Wildman–Crippen MR) is 83.8 cm³/mol. The van der Waals surface area contributed by atoms with E-state index < -0.39 is 0 Å². The van der Waals surface area contributed by atoms with E-state index in [0.29, 0.717) is 36.3 Å². The van der Waals surface area contributed by atoms with Gasteiger partial charge in [-0.3, -0.25) is 0 Å². The van der Waals surface area contributed by atoms with Gasteiger partial charge in [-0.15, -0.1) is 0 Å². The first-order valence-electron chi connectivity index (χ1n) is 6.90. The van der Waals surface area contributed by atoms with Crippen LogP contribution in [0.3, 0.4) is 0 Å². The Hall–Kier alpha value is -1.01. The van der Waals surface area contributed by atoms with E-state index in [2.05, 4.69) is 5.32 Å². The first-order chi connectivity index (χ1) is 10.2. The minimum atomic E-state index is 0.612. The Morgan fingerprint density at radius 1 is 0.952 bits per heavy atom. The summed E-state index contributed by atoms with van der Waals surface area (Å²) >= 11 is 6.22. The molecule has 0 aliphatic carbocycles. The second-order valence-electron chi connectivity index (χ2n) is 4.40. The van der Waals surface area contributed by atoms with E-state index in [1.807, 2.05) is 6.07 Å². The molecule has 0 saturated heterocycles. The van der Waals surface area contributed by atoms with E-state index in [1.165, 1.54) is 0 Å². The molecule has 0 radical (unpaired) electrons. The zero-order valence-electron chi connectivity index (χ0n) is 12.9. The van der Waals surface area contributed by atoms with E-state index >= 15 is 0 Å². The van der Waals surface area contributed by atoms with Crippen molar-refractivity contribution in [1.29, 1.82) is 0 Å². The molecule has 1 rings (SSSR count). The third-order valence-electron chi connectivity index (χ3n) is 2.97. The standard InChI is InChI=1S/C15H24ClNO4/c1-18-8-5-17-6-9-21-7-4-12-10-14(19-2)15(20-3)11-13(12)16/h10-11,17H,4-9H2,1-3H3. The van der Waals surface area contributed by atoms with Gasteiger partial charge in [0.1, 0.15) is 0 Å². The smallest absolute Gasteiger partial charge is 0.162 e.